The van der Waals surface area contributed by atoms with Crippen LogP contribution in [0.1, 0.15) is 50.0 Å². The summed E-state index contributed by atoms with van der Waals surface area (Å²) in [6.07, 6.45) is 6.19. The molecule has 150 valence electrons. The van der Waals surface area contributed by atoms with Gasteiger partial charge in [0.2, 0.25) is 5.89 Å². The lowest BCUT2D eigenvalue weighted by atomic mass is 9.74. The van der Waals surface area contributed by atoms with Gasteiger partial charge in [-0.15, -0.1) is 0 Å². The molecule has 1 aliphatic carbocycles. The molecule has 1 unspecified atom stereocenters. The van der Waals surface area contributed by atoms with E-state index in [9.17, 15) is 4.79 Å². The first-order chi connectivity index (χ1) is 13.6. The number of fused-ring (bicyclic) bond motifs is 4. The molecular weight excluding hydrogens is 380 g/mol. The maximum atomic E-state index is 12.3. The molecule has 2 fully saturated rings. The third kappa shape index (κ3) is 3.15. The van der Waals surface area contributed by atoms with Gasteiger partial charge >= 0.3 is 6.03 Å². The summed E-state index contributed by atoms with van der Waals surface area (Å²) >= 11 is 6.53. The minimum Gasteiger partial charge on any atom is -0.439 e. The van der Waals surface area contributed by atoms with E-state index in [0.29, 0.717) is 29.1 Å². The van der Waals surface area contributed by atoms with Crippen LogP contribution in [0.2, 0.25) is 5.02 Å². The number of anilines is 1. The van der Waals surface area contributed by atoms with Crippen molar-refractivity contribution >= 4 is 34.4 Å². The van der Waals surface area contributed by atoms with Gasteiger partial charge in [-0.1, -0.05) is 30.9 Å². The molecule has 1 atom stereocenters. The Hall–Kier alpha value is -1.83. The summed E-state index contributed by atoms with van der Waals surface area (Å²) in [6.45, 7) is 3.11. The van der Waals surface area contributed by atoms with Crippen molar-refractivity contribution in [1.82, 2.24) is 15.6 Å². The number of halogens is 1. The number of hydrogen-bond acceptors (Lipinski definition) is 5. The minimum absolute atomic E-state index is 0.198. The van der Waals surface area contributed by atoms with Crippen molar-refractivity contribution in [1.29, 1.82) is 0 Å². The molecule has 28 heavy (non-hydrogen) atoms. The molecule has 1 aromatic carbocycles. The van der Waals surface area contributed by atoms with Gasteiger partial charge in [0.1, 0.15) is 5.52 Å². The summed E-state index contributed by atoms with van der Waals surface area (Å²) in [7, 11) is 0. The van der Waals surface area contributed by atoms with Gasteiger partial charge in [0.25, 0.3) is 0 Å². The zero-order chi connectivity index (χ0) is 19.1. The molecule has 5 rings (SSSR count). The van der Waals surface area contributed by atoms with E-state index in [4.69, 9.17) is 20.8 Å². The zero-order valence-electron chi connectivity index (χ0n) is 15.8. The first kappa shape index (κ1) is 18.2. The van der Waals surface area contributed by atoms with Crippen LogP contribution in [0.25, 0.3) is 11.1 Å². The first-order valence-electron chi connectivity index (χ1n) is 10.1. The SMILES string of the molecule is O=C1Nc2c(Cl)cc3nc(CNCC4CCOC4)oc3c2C2(CCCCC2)N1. The summed E-state index contributed by atoms with van der Waals surface area (Å²) in [4.78, 5) is 17.0. The number of ether oxygens (including phenoxy) is 1. The van der Waals surface area contributed by atoms with E-state index in [1.54, 1.807) is 6.07 Å². The van der Waals surface area contributed by atoms with Crippen LogP contribution in [0, 0.1) is 5.92 Å². The van der Waals surface area contributed by atoms with Gasteiger partial charge < -0.3 is 25.1 Å². The normalized spacial score (nSPS) is 23.6. The van der Waals surface area contributed by atoms with Gasteiger partial charge in [-0.25, -0.2) is 9.78 Å². The number of aromatic nitrogens is 1. The third-order valence-electron chi connectivity index (χ3n) is 6.19. The van der Waals surface area contributed by atoms with E-state index in [0.717, 1.165) is 68.5 Å². The topological polar surface area (TPSA) is 88.4 Å². The molecule has 3 heterocycles. The lowest BCUT2D eigenvalue weighted by Crippen LogP contribution is -2.52. The van der Waals surface area contributed by atoms with E-state index in [1.807, 2.05) is 0 Å². The molecule has 1 spiro atoms. The summed E-state index contributed by atoms with van der Waals surface area (Å²) in [5.74, 6) is 1.19. The molecular formula is C20H25ClN4O3. The summed E-state index contributed by atoms with van der Waals surface area (Å²) in [5, 5.41) is 9.99. The highest BCUT2D eigenvalue weighted by molar-refractivity contribution is 6.35. The van der Waals surface area contributed by atoms with Crippen molar-refractivity contribution < 1.29 is 13.9 Å². The Morgan fingerprint density at radius 3 is 2.96 bits per heavy atom. The molecule has 2 amide bonds. The molecule has 2 aliphatic heterocycles. The Labute approximate surface area is 168 Å². The van der Waals surface area contributed by atoms with Crippen LogP contribution in [-0.4, -0.2) is 30.8 Å². The largest absolute Gasteiger partial charge is 0.439 e. The fourth-order valence-corrected chi connectivity index (χ4v) is 5.06. The number of nitrogens with one attached hydrogen (secondary N) is 3. The lowest BCUT2D eigenvalue weighted by molar-refractivity contribution is 0.185. The molecule has 0 bridgehead atoms. The molecule has 1 saturated heterocycles. The van der Waals surface area contributed by atoms with Gasteiger partial charge in [-0.05, 0) is 31.2 Å². The second kappa shape index (κ2) is 7.21. The fourth-order valence-electron chi connectivity index (χ4n) is 4.82. The second-order valence-corrected chi connectivity index (χ2v) is 8.55. The van der Waals surface area contributed by atoms with Crippen LogP contribution < -0.4 is 16.0 Å². The lowest BCUT2D eigenvalue weighted by Gasteiger charge is -2.42. The maximum Gasteiger partial charge on any atom is 0.319 e. The average Bonchev–Trinajstić information content (AvgIpc) is 3.32. The summed E-state index contributed by atoms with van der Waals surface area (Å²) in [5.41, 5.74) is 2.67. The highest BCUT2D eigenvalue weighted by Crippen LogP contribution is 2.48. The standard InChI is InChI=1S/C20H25ClN4O3/c21-13-8-14-18(28-15(23-14)10-22-9-12-4-7-27-11-12)16-17(13)24-19(26)25-20(16)5-2-1-3-6-20/h8,12,22H,1-7,9-11H2,(H2,24,25,26). The number of benzene rings is 1. The maximum absolute atomic E-state index is 12.3. The number of nitrogens with zero attached hydrogens (tertiary/aromatic N) is 1. The molecule has 3 N–H and O–H groups in total. The van der Waals surface area contributed by atoms with Crippen molar-refractivity contribution in [3.63, 3.8) is 0 Å². The summed E-state index contributed by atoms with van der Waals surface area (Å²) < 4.78 is 11.6. The van der Waals surface area contributed by atoms with E-state index < -0.39 is 5.54 Å². The number of oxazole rings is 1. The van der Waals surface area contributed by atoms with Gasteiger partial charge in [0, 0.05) is 18.7 Å². The molecule has 3 aliphatic rings. The Kier molecular flexibility index (Phi) is 4.69. The Balaban J connectivity index is 1.49. The van der Waals surface area contributed by atoms with E-state index in [2.05, 4.69) is 20.9 Å². The van der Waals surface area contributed by atoms with Crippen molar-refractivity contribution in [3.8, 4) is 0 Å². The molecule has 0 radical (unpaired) electrons. The Morgan fingerprint density at radius 1 is 1.32 bits per heavy atom. The molecule has 1 aromatic heterocycles. The van der Waals surface area contributed by atoms with Crippen LogP contribution in [-0.2, 0) is 16.8 Å². The Bertz CT molecular complexity index is 900. The fraction of sp³-hybridized carbons (Fsp3) is 0.600. The number of hydrogen-bond donors (Lipinski definition) is 3. The van der Waals surface area contributed by atoms with Crippen molar-refractivity contribution in [2.24, 2.45) is 5.92 Å². The van der Waals surface area contributed by atoms with Gasteiger partial charge in [-0.3, -0.25) is 0 Å². The molecule has 8 heteroatoms. The predicted molar refractivity (Wildman–Crippen MR) is 107 cm³/mol. The van der Waals surface area contributed by atoms with Crippen LogP contribution in [0.4, 0.5) is 10.5 Å². The van der Waals surface area contributed by atoms with Gasteiger partial charge in [0.15, 0.2) is 5.58 Å². The molecule has 1 saturated carbocycles. The van der Waals surface area contributed by atoms with E-state index >= 15 is 0 Å². The molecule has 2 aromatic rings. The van der Waals surface area contributed by atoms with Gasteiger partial charge in [-0.2, -0.15) is 0 Å². The third-order valence-corrected chi connectivity index (χ3v) is 6.49. The highest BCUT2D eigenvalue weighted by Gasteiger charge is 2.44. The first-order valence-corrected chi connectivity index (χ1v) is 10.5. The minimum atomic E-state index is -0.426. The van der Waals surface area contributed by atoms with Gasteiger partial charge in [0.05, 0.1) is 29.4 Å². The van der Waals surface area contributed by atoms with Crippen molar-refractivity contribution in [2.45, 2.75) is 50.6 Å². The van der Waals surface area contributed by atoms with Crippen LogP contribution in [0.5, 0.6) is 0 Å². The van der Waals surface area contributed by atoms with Crippen LogP contribution in [0.3, 0.4) is 0 Å². The van der Waals surface area contributed by atoms with E-state index in [-0.39, 0.29) is 6.03 Å². The number of carbonyl (C=O) groups is 1. The summed E-state index contributed by atoms with van der Waals surface area (Å²) in [6, 6.07) is 1.59. The van der Waals surface area contributed by atoms with E-state index in [1.165, 1.54) is 6.42 Å². The Morgan fingerprint density at radius 2 is 2.18 bits per heavy atom. The predicted octanol–water partition coefficient (Wildman–Crippen LogP) is 3.90. The average molecular weight is 405 g/mol. The van der Waals surface area contributed by atoms with Crippen molar-refractivity contribution in [3.05, 3.63) is 22.5 Å². The zero-order valence-corrected chi connectivity index (χ0v) is 16.5. The number of rotatable bonds is 4. The highest BCUT2D eigenvalue weighted by atomic mass is 35.5. The smallest absolute Gasteiger partial charge is 0.319 e. The number of carbonyl (C=O) groups excluding carboxylic acids is 1. The van der Waals surface area contributed by atoms with Crippen LogP contribution in [0.15, 0.2) is 10.5 Å². The van der Waals surface area contributed by atoms with Crippen LogP contribution >= 0.6 is 11.6 Å². The second-order valence-electron chi connectivity index (χ2n) is 8.15. The molecule has 7 nitrogen and oxygen atoms in total. The number of amides is 2. The van der Waals surface area contributed by atoms with Crippen molar-refractivity contribution in [2.75, 3.05) is 25.1 Å². The number of urea groups is 1. The monoisotopic (exact) mass is 404 g/mol. The quantitative estimate of drug-likeness (QED) is 0.719.